The number of nitrogens with one attached hydrogen (secondary N) is 1. The number of aryl methyl sites for hydroxylation is 1. The molecule has 4 heteroatoms. The van der Waals surface area contributed by atoms with Crippen LogP contribution < -0.4 is 11.1 Å². The number of amides is 1. The molecule has 0 aliphatic rings. The molecular formula is C15H25N3O. The van der Waals surface area contributed by atoms with Crippen molar-refractivity contribution in [1.82, 2.24) is 10.2 Å². The predicted molar refractivity (Wildman–Crippen MR) is 80.3 cm³/mol. The van der Waals surface area contributed by atoms with E-state index in [9.17, 15) is 4.79 Å². The van der Waals surface area contributed by atoms with Gasteiger partial charge in [0, 0.05) is 23.8 Å². The maximum Gasteiger partial charge on any atom is 0.251 e. The van der Waals surface area contributed by atoms with Gasteiger partial charge in [0.05, 0.1) is 0 Å². The summed E-state index contributed by atoms with van der Waals surface area (Å²) in [6.45, 7) is 7.91. The third-order valence-electron chi connectivity index (χ3n) is 3.39. The molecule has 0 saturated carbocycles. The Morgan fingerprint density at radius 1 is 1.42 bits per heavy atom. The molecule has 4 nitrogen and oxygen atoms in total. The van der Waals surface area contributed by atoms with E-state index in [4.69, 9.17) is 5.73 Å². The fourth-order valence-corrected chi connectivity index (χ4v) is 1.71. The molecule has 0 fully saturated rings. The first-order chi connectivity index (χ1) is 8.91. The van der Waals surface area contributed by atoms with Crippen molar-refractivity contribution in [2.45, 2.75) is 33.2 Å². The van der Waals surface area contributed by atoms with Crippen LogP contribution in [-0.4, -0.2) is 37.0 Å². The average Bonchev–Trinajstić information content (AvgIpc) is 2.37. The van der Waals surface area contributed by atoms with E-state index in [-0.39, 0.29) is 5.91 Å². The van der Waals surface area contributed by atoms with Crippen molar-refractivity contribution in [3.63, 3.8) is 0 Å². The Balaban J connectivity index is 2.37. The van der Waals surface area contributed by atoms with Gasteiger partial charge in [-0.2, -0.15) is 0 Å². The molecule has 0 spiro atoms. The highest BCUT2D eigenvalue weighted by molar-refractivity contribution is 5.94. The van der Waals surface area contributed by atoms with Crippen molar-refractivity contribution in [2.24, 2.45) is 0 Å². The Hall–Kier alpha value is -1.55. The van der Waals surface area contributed by atoms with Gasteiger partial charge in [-0.1, -0.05) is 0 Å². The lowest BCUT2D eigenvalue weighted by Crippen LogP contribution is -2.31. The van der Waals surface area contributed by atoms with Crippen molar-refractivity contribution in [2.75, 3.05) is 25.9 Å². The Kier molecular flexibility index (Phi) is 5.83. The van der Waals surface area contributed by atoms with Crippen molar-refractivity contribution < 1.29 is 4.79 Å². The van der Waals surface area contributed by atoms with Crippen LogP contribution in [0.4, 0.5) is 5.69 Å². The smallest absolute Gasteiger partial charge is 0.251 e. The Bertz CT molecular complexity index is 429. The van der Waals surface area contributed by atoms with Gasteiger partial charge in [-0.15, -0.1) is 0 Å². The van der Waals surface area contributed by atoms with Crippen LogP contribution in [0, 0.1) is 6.92 Å². The van der Waals surface area contributed by atoms with Gasteiger partial charge in [-0.25, -0.2) is 0 Å². The van der Waals surface area contributed by atoms with E-state index >= 15 is 0 Å². The zero-order valence-corrected chi connectivity index (χ0v) is 12.4. The van der Waals surface area contributed by atoms with E-state index in [0.717, 1.165) is 24.2 Å². The Morgan fingerprint density at radius 3 is 2.68 bits per heavy atom. The zero-order valence-electron chi connectivity index (χ0n) is 12.4. The maximum absolute atomic E-state index is 11.9. The van der Waals surface area contributed by atoms with Gasteiger partial charge >= 0.3 is 0 Å². The molecule has 3 N–H and O–H groups in total. The number of nitrogens with zero attached hydrogens (tertiary/aromatic N) is 1. The fraction of sp³-hybridized carbons (Fsp3) is 0.533. The van der Waals surface area contributed by atoms with Crippen molar-refractivity contribution in [3.8, 4) is 0 Å². The lowest BCUT2D eigenvalue weighted by Gasteiger charge is -2.20. The lowest BCUT2D eigenvalue weighted by atomic mass is 10.1. The van der Waals surface area contributed by atoms with Crippen LogP contribution in [0.1, 0.15) is 36.2 Å². The van der Waals surface area contributed by atoms with Crippen LogP contribution in [0.3, 0.4) is 0 Å². The van der Waals surface area contributed by atoms with Gasteiger partial charge in [0.15, 0.2) is 0 Å². The summed E-state index contributed by atoms with van der Waals surface area (Å²) in [7, 11) is 2.09. The minimum atomic E-state index is -0.0321. The van der Waals surface area contributed by atoms with Crippen molar-refractivity contribution in [1.29, 1.82) is 0 Å². The van der Waals surface area contributed by atoms with Crippen LogP contribution in [0.15, 0.2) is 18.2 Å². The monoisotopic (exact) mass is 263 g/mol. The molecule has 1 aromatic rings. The third kappa shape index (κ3) is 4.91. The van der Waals surface area contributed by atoms with E-state index in [2.05, 4.69) is 31.1 Å². The Morgan fingerprint density at radius 2 is 2.11 bits per heavy atom. The summed E-state index contributed by atoms with van der Waals surface area (Å²) in [6.07, 6.45) is 0.953. The topological polar surface area (TPSA) is 58.4 Å². The summed E-state index contributed by atoms with van der Waals surface area (Å²) in [4.78, 5) is 14.2. The molecule has 0 atom stereocenters. The summed E-state index contributed by atoms with van der Waals surface area (Å²) < 4.78 is 0. The first-order valence-electron chi connectivity index (χ1n) is 6.76. The van der Waals surface area contributed by atoms with Gasteiger partial charge in [0.1, 0.15) is 0 Å². The van der Waals surface area contributed by atoms with Gasteiger partial charge in [0.2, 0.25) is 0 Å². The van der Waals surface area contributed by atoms with Crippen LogP contribution in [0.2, 0.25) is 0 Å². The highest BCUT2D eigenvalue weighted by Crippen LogP contribution is 2.12. The number of nitrogens with two attached hydrogens (primary N) is 1. The second-order valence-corrected chi connectivity index (χ2v) is 5.26. The number of carbonyl (C=O) groups is 1. The molecular weight excluding hydrogens is 238 g/mol. The fourth-order valence-electron chi connectivity index (χ4n) is 1.71. The summed E-state index contributed by atoms with van der Waals surface area (Å²) in [6, 6.07) is 5.90. The molecule has 1 rings (SSSR count). The lowest BCUT2D eigenvalue weighted by molar-refractivity contribution is 0.0951. The van der Waals surface area contributed by atoms with Gasteiger partial charge in [0.25, 0.3) is 5.91 Å². The second kappa shape index (κ2) is 7.14. The Labute approximate surface area is 116 Å². The normalized spacial score (nSPS) is 11.1. The maximum atomic E-state index is 11.9. The summed E-state index contributed by atoms with van der Waals surface area (Å²) in [5.41, 5.74) is 8.06. The molecule has 0 radical (unpaired) electrons. The number of hydrogen-bond acceptors (Lipinski definition) is 3. The van der Waals surface area contributed by atoms with Crippen LogP contribution in [0.5, 0.6) is 0 Å². The third-order valence-corrected chi connectivity index (χ3v) is 3.39. The first-order valence-corrected chi connectivity index (χ1v) is 6.76. The molecule has 106 valence electrons. The highest BCUT2D eigenvalue weighted by Gasteiger charge is 2.07. The molecule has 0 saturated heterocycles. The van der Waals surface area contributed by atoms with Crippen molar-refractivity contribution in [3.05, 3.63) is 29.3 Å². The van der Waals surface area contributed by atoms with E-state index in [0.29, 0.717) is 18.2 Å². The number of anilines is 1. The van der Waals surface area contributed by atoms with Gasteiger partial charge < -0.3 is 16.0 Å². The van der Waals surface area contributed by atoms with Crippen LogP contribution in [-0.2, 0) is 0 Å². The van der Waals surface area contributed by atoms with Crippen molar-refractivity contribution >= 4 is 11.6 Å². The predicted octanol–water partition coefficient (Wildman–Crippen LogP) is 2.04. The first kappa shape index (κ1) is 15.5. The molecule has 0 unspecified atom stereocenters. The minimum absolute atomic E-state index is 0.0321. The van der Waals surface area contributed by atoms with E-state index in [1.54, 1.807) is 12.1 Å². The average molecular weight is 263 g/mol. The number of hydrogen-bond donors (Lipinski definition) is 2. The largest absolute Gasteiger partial charge is 0.399 e. The van der Waals surface area contributed by atoms with E-state index < -0.39 is 0 Å². The quantitative estimate of drug-likeness (QED) is 0.610. The molecule has 0 aliphatic carbocycles. The van der Waals surface area contributed by atoms with Crippen LogP contribution >= 0.6 is 0 Å². The summed E-state index contributed by atoms with van der Waals surface area (Å²) in [5, 5.41) is 2.93. The zero-order chi connectivity index (χ0) is 14.4. The number of benzene rings is 1. The van der Waals surface area contributed by atoms with Crippen LogP contribution in [0.25, 0.3) is 0 Å². The summed E-state index contributed by atoms with van der Waals surface area (Å²) in [5.74, 6) is -0.0321. The SMILES string of the molecule is Cc1cc(C(=O)NCCCN(C)C(C)C)ccc1N. The second-order valence-electron chi connectivity index (χ2n) is 5.26. The number of nitrogen functional groups attached to an aromatic ring is 1. The number of carbonyl (C=O) groups excluding carboxylic acids is 1. The molecule has 1 aromatic carbocycles. The standard InChI is InChI=1S/C15H25N3O/c1-11(2)18(4)9-5-8-17-15(19)13-6-7-14(16)12(3)10-13/h6-7,10-11H,5,8-9,16H2,1-4H3,(H,17,19). The minimum Gasteiger partial charge on any atom is -0.399 e. The highest BCUT2D eigenvalue weighted by atomic mass is 16.1. The molecule has 1 amide bonds. The summed E-state index contributed by atoms with van der Waals surface area (Å²) >= 11 is 0. The molecule has 19 heavy (non-hydrogen) atoms. The molecule has 0 bridgehead atoms. The van der Waals surface area contributed by atoms with Gasteiger partial charge in [-0.05, 0) is 64.5 Å². The molecule has 0 aliphatic heterocycles. The van der Waals surface area contributed by atoms with Gasteiger partial charge in [-0.3, -0.25) is 4.79 Å². The molecule has 0 aromatic heterocycles. The molecule has 0 heterocycles. The van der Waals surface area contributed by atoms with E-state index in [1.807, 2.05) is 13.0 Å². The van der Waals surface area contributed by atoms with E-state index in [1.165, 1.54) is 0 Å². The number of rotatable bonds is 6.